The number of benzene rings is 4. The highest BCUT2D eigenvalue weighted by atomic mass is 35.5. The third-order valence-electron chi connectivity index (χ3n) is 6.23. The summed E-state index contributed by atoms with van der Waals surface area (Å²) in [7, 11) is 0. The molecule has 0 fully saturated rings. The Balaban J connectivity index is 1.86. The Morgan fingerprint density at radius 1 is 0.812 bits per heavy atom. The Morgan fingerprint density at radius 3 is 2.06 bits per heavy atom. The van der Waals surface area contributed by atoms with Crippen LogP contribution in [0.1, 0.15) is 64.2 Å². The van der Waals surface area contributed by atoms with Crippen molar-refractivity contribution < 1.29 is 4.79 Å². The van der Waals surface area contributed by atoms with E-state index in [0.717, 1.165) is 17.9 Å². The minimum Gasteiger partial charge on any atom is -0.366 e. The number of nitrogens with two attached hydrogens (primary N) is 1. The SMILES string of the molecule is CCC[C@H](c1ccc(C(N)=O)cc1)C(c1ccc(Cl)cc1)c1ccc2cc(C)ccc2c1. The van der Waals surface area contributed by atoms with Gasteiger partial charge in [0.2, 0.25) is 5.91 Å². The number of hydrogen-bond acceptors (Lipinski definition) is 1. The summed E-state index contributed by atoms with van der Waals surface area (Å²) in [5.74, 6) is 0.0195. The highest BCUT2D eigenvalue weighted by molar-refractivity contribution is 6.30. The highest BCUT2D eigenvalue weighted by Gasteiger charge is 2.26. The van der Waals surface area contributed by atoms with Crippen LogP contribution in [0.2, 0.25) is 5.02 Å². The van der Waals surface area contributed by atoms with E-state index in [2.05, 4.69) is 62.4 Å². The predicted molar refractivity (Wildman–Crippen MR) is 135 cm³/mol. The molecule has 3 heteroatoms. The zero-order valence-corrected chi connectivity index (χ0v) is 19.3. The molecule has 2 nitrogen and oxygen atoms in total. The second-order valence-electron chi connectivity index (χ2n) is 8.52. The second kappa shape index (κ2) is 9.58. The van der Waals surface area contributed by atoms with Crippen molar-refractivity contribution in [2.24, 2.45) is 5.73 Å². The summed E-state index contributed by atoms with van der Waals surface area (Å²) in [4.78, 5) is 11.6. The van der Waals surface area contributed by atoms with E-state index in [4.69, 9.17) is 17.3 Å². The monoisotopic (exact) mass is 441 g/mol. The number of hydrogen-bond donors (Lipinski definition) is 1. The molecule has 0 heterocycles. The molecule has 0 saturated carbocycles. The minimum atomic E-state index is -0.400. The molecule has 2 atom stereocenters. The van der Waals surface area contributed by atoms with Crippen LogP contribution in [0.25, 0.3) is 10.8 Å². The first-order chi connectivity index (χ1) is 15.5. The summed E-state index contributed by atoms with van der Waals surface area (Å²) in [5, 5.41) is 3.23. The molecule has 1 unspecified atom stereocenters. The second-order valence-corrected chi connectivity index (χ2v) is 8.96. The molecule has 0 radical (unpaired) electrons. The van der Waals surface area contributed by atoms with Crippen LogP contribution in [-0.2, 0) is 0 Å². The smallest absolute Gasteiger partial charge is 0.248 e. The number of carbonyl (C=O) groups is 1. The number of carbonyl (C=O) groups excluding carboxylic acids is 1. The van der Waals surface area contributed by atoms with E-state index in [-0.39, 0.29) is 11.8 Å². The maximum atomic E-state index is 11.6. The van der Waals surface area contributed by atoms with Crippen molar-refractivity contribution in [1.29, 1.82) is 0 Å². The van der Waals surface area contributed by atoms with Crippen LogP contribution in [0.4, 0.5) is 0 Å². The third-order valence-corrected chi connectivity index (χ3v) is 6.49. The van der Waals surface area contributed by atoms with Crippen LogP contribution in [0.3, 0.4) is 0 Å². The molecule has 0 bridgehead atoms. The van der Waals surface area contributed by atoms with E-state index in [1.807, 2.05) is 36.4 Å². The zero-order chi connectivity index (χ0) is 22.7. The van der Waals surface area contributed by atoms with Gasteiger partial charge in [0, 0.05) is 16.5 Å². The van der Waals surface area contributed by atoms with Gasteiger partial charge in [0.25, 0.3) is 0 Å². The fraction of sp³-hybridized carbons (Fsp3) is 0.207. The minimum absolute atomic E-state index is 0.164. The van der Waals surface area contributed by atoms with E-state index in [1.54, 1.807) is 0 Å². The lowest BCUT2D eigenvalue weighted by atomic mass is 9.74. The summed E-state index contributed by atoms with van der Waals surface area (Å²) < 4.78 is 0. The first-order valence-electron chi connectivity index (χ1n) is 11.1. The fourth-order valence-electron chi connectivity index (χ4n) is 4.64. The average molecular weight is 442 g/mol. The number of amides is 1. The summed E-state index contributed by atoms with van der Waals surface area (Å²) in [6, 6.07) is 29.3. The first-order valence-corrected chi connectivity index (χ1v) is 11.5. The summed E-state index contributed by atoms with van der Waals surface area (Å²) in [6.45, 7) is 4.34. The standard InChI is InChI=1S/C29H28ClNO/c1-3-4-27(20-7-9-22(10-8-20)29(31)32)28(21-13-15-26(30)16-14-21)25-12-11-23-17-19(2)5-6-24(23)18-25/h5-18,27-28H,3-4H2,1-2H3,(H2,31,32)/t27-,28?/m1/s1. The maximum Gasteiger partial charge on any atom is 0.248 e. The van der Waals surface area contributed by atoms with Crippen LogP contribution in [0.5, 0.6) is 0 Å². The van der Waals surface area contributed by atoms with E-state index >= 15 is 0 Å². The molecule has 1 amide bonds. The van der Waals surface area contributed by atoms with Gasteiger partial charge in [-0.25, -0.2) is 0 Å². The molecule has 0 saturated heterocycles. The molecular formula is C29H28ClNO. The molecule has 4 aromatic carbocycles. The lowest BCUT2D eigenvalue weighted by molar-refractivity contribution is 0.100. The van der Waals surface area contributed by atoms with Gasteiger partial charge in [-0.05, 0) is 71.0 Å². The van der Waals surface area contributed by atoms with Gasteiger partial charge in [-0.2, -0.15) is 0 Å². The molecule has 0 aromatic heterocycles. The molecule has 2 N–H and O–H groups in total. The van der Waals surface area contributed by atoms with Crippen LogP contribution in [-0.4, -0.2) is 5.91 Å². The van der Waals surface area contributed by atoms with Gasteiger partial charge in [-0.15, -0.1) is 0 Å². The summed E-state index contributed by atoms with van der Waals surface area (Å²) in [6.07, 6.45) is 2.08. The Morgan fingerprint density at radius 2 is 1.41 bits per heavy atom. The van der Waals surface area contributed by atoms with Crippen molar-refractivity contribution >= 4 is 28.3 Å². The van der Waals surface area contributed by atoms with E-state index < -0.39 is 5.91 Å². The van der Waals surface area contributed by atoms with E-state index in [9.17, 15) is 4.79 Å². The lowest BCUT2D eigenvalue weighted by Gasteiger charge is -2.29. The zero-order valence-electron chi connectivity index (χ0n) is 18.5. The van der Waals surface area contributed by atoms with Crippen molar-refractivity contribution in [2.45, 2.75) is 38.5 Å². The van der Waals surface area contributed by atoms with Gasteiger partial charge in [-0.1, -0.05) is 91.2 Å². The summed E-state index contributed by atoms with van der Waals surface area (Å²) in [5.41, 5.74) is 11.0. The lowest BCUT2D eigenvalue weighted by Crippen LogP contribution is -2.15. The Bertz CT molecular complexity index is 1230. The fourth-order valence-corrected chi connectivity index (χ4v) is 4.76. The average Bonchev–Trinajstić information content (AvgIpc) is 2.80. The topological polar surface area (TPSA) is 43.1 Å². The number of rotatable bonds is 7. The van der Waals surface area contributed by atoms with Crippen molar-refractivity contribution in [3.8, 4) is 0 Å². The molecule has 4 rings (SSSR count). The molecule has 0 aliphatic carbocycles. The molecule has 32 heavy (non-hydrogen) atoms. The molecule has 4 aromatic rings. The van der Waals surface area contributed by atoms with Gasteiger partial charge in [0.05, 0.1) is 0 Å². The van der Waals surface area contributed by atoms with Crippen molar-refractivity contribution in [3.05, 3.63) is 118 Å². The quantitative estimate of drug-likeness (QED) is 0.315. The van der Waals surface area contributed by atoms with Crippen molar-refractivity contribution in [3.63, 3.8) is 0 Å². The van der Waals surface area contributed by atoms with Gasteiger partial charge in [0.1, 0.15) is 0 Å². The van der Waals surface area contributed by atoms with E-state index in [0.29, 0.717) is 5.56 Å². The predicted octanol–water partition coefficient (Wildman–Crippen LogP) is 7.62. The van der Waals surface area contributed by atoms with E-state index in [1.165, 1.54) is 33.0 Å². The van der Waals surface area contributed by atoms with Gasteiger partial charge in [-0.3, -0.25) is 4.79 Å². The first kappa shape index (κ1) is 22.1. The van der Waals surface area contributed by atoms with Gasteiger partial charge in [0.15, 0.2) is 0 Å². The van der Waals surface area contributed by atoms with Crippen molar-refractivity contribution in [1.82, 2.24) is 0 Å². The Labute approximate surface area is 195 Å². The molecule has 0 aliphatic heterocycles. The molecule has 0 spiro atoms. The van der Waals surface area contributed by atoms with Gasteiger partial charge >= 0.3 is 0 Å². The molecular weight excluding hydrogens is 414 g/mol. The molecule has 0 aliphatic rings. The van der Waals surface area contributed by atoms with Gasteiger partial charge < -0.3 is 5.73 Å². The van der Waals surface area contributed by atoms with Crippen LogP contribution in [0, 0.1) is 6.92 Å². The largest absolute Gasteiger partial charge is 0.366 e. The summed E-state index contributed by atoms with van der Waals surface area (Å²) >= 11 is 6.22. The number of primary amides is 1. The normalized spacial score (nSPS) is 13.1. The van der Waals surface area contributed by atoms with Crippen LogP contribution in [0.15, 0.2) is 84.9 Å². The Hall–Kier alpha value is -3.10. The maximum absolute atomic E-state index is 11.6. The number of aryl methyl sites for hydroxylation is 1. The highest BCUT2D eigenvalue weighted by Crippen LogP contribution is 2.42. The number of halogens is 1. The van der Waals surface area contributed by atoms with Crippen LogP contribution >= 0.6 is 11.6 Å². The van der Waals surface area contributed by atoms with Crippen LogP contribution < -0.4 is 5.73 Å². The Kier molecular flexibility index (Phi) is 6.62. The number of fused-ring (bicyclic) bond motifs is 1. The molecule has 162 valence electrons. The third kappa shape index (κ3) is 4.71. The van der Waals surface area contributed by atoms with Crippen molar-refractivity contribution in [2.75, 3.05) is 0 Å².